The second kappa shape index (κ2) is 19.7. The molecule has 0 aromatic heterocycles. The van der Waals surface area contributed by atoms with E-state index in [2.05, 4.69) is 20.1 Å². The zero-order valence-corrected chi connectivity index (χ0v) is 29.3. The zero-order valence-electron chi connectivity index (χ0n) is 28.4. The van der Waals surface area contributed by atoms with E-state index < -0.39 is 158 Å². The Morgan fingerprint density at radius 1 is 0.887 bits per heavy atom. The summed E-state index contributed by atoms with van der Waals surface area (Å²) in [4.78, 5) is 48.2. The summed E-state index contributed by atoms with van der Waals surface area (Å²) in [5, 5.41) is 111. The average Bonchev–Trinajstić information content (AvgIpc) is 3.06. The number of rotatable bonds is 19. The van der Waals surface area contributed by atoms with Crippen molar-refractivity contribution in [3.63, 3.8) is 0 Å². The number of hydrogen-bond donors (Lipinski definition) is 14. The van der Waals surface area contributed by atoms with Crippen LogP contribution in [-0.2, 0) is 52.7 Å². The second-order valence-corrected chi connectivity index (χ2v) is 13.4. The molecule has 0 saturated carbocycles. The van der Waals surface area contributed by atoms with Gasteiger partial charge in [-0.25, -0.2) is 8.98 Å². The van der Waals surface area contributed by atoms with Crippen LogP contribution < -0.4 is 16.0 Å². The number of carbonyl (C=O) groups is 4. The quantitative estimate of drug-likeness (QED) is 0.0540. The Morgan fingerprint density at radius 2 is 1.47 bits per heavy atom. The van der Waals surface area contributed by atoms with Crippen molar-refractivity contribution in [1.82, 2.24) is 16.0 Å². The third-order valence-electron chi connectivity index (χ3n) is 8.13. The van der Waals surface area contributed by atoms with Crippen LogP contribution in [-0.4, -0.2) is 205 Å². The second-order valence-electron chi connectivity index (χ2n) is 12.3. The van der Waals surface area contributed by atoms with Gasteiger partial charge in [-0.05, 0) is 0 Å². The first-order valence-corrected chi connectivity index (χ1v) is 17.1. The van der Waals surface area contributed by atoms with Crippen molar-refractivity contribution >= 4 is 34.1 Å². The monoisotopic (exact) mass is 797 g/mol. The molecule has 0 aliphatic carbocycles. The summed E-state index contributed by atoms with van der Waals surface area (Å²) in [5.41, 5.74) is 0. The summed E-state index contributed by atoms with van der Waals surface area (Å²) in [5.74, 6) is -7.42. The predicted molar refractivity (Wildman–Crippen MR) is 166 cm³/mol. The molecule has 0 bridgehead atoms. The molecule has 3 amide bonds. The van der Waals surface area contributed by atoms with Gasteiger partial charge in [0.25, 0.3) is 5.79 Å². The third kappa shape index (κ3) is 12.6. The lowest BCUT2D eigenvalue weighted by molar-refractivity contribution is -0.320. The molecule has 0 spiro atoms. The van der Waals surface area contributed by atoms with Gasteiger partial charge in [0, 0.05) is 27.2 Å². The lowest BCUT2D eigenvalue weighted by atomic mass is 9.88. The molecule has 53 heavy (non-hydrogen) atoms. The number of carboxylic acid groups (broad SMARTS) is 1. The first kappa shape index (κ1) is 46.4. The standard InChI is InChI=1S/C27H47N3O22S/c1-9(33)28-12(5-31)23(51-25-18(30-11(3)35)22(42)21(41)16(50-25)8-49-53(45,46)47)20(40)15(38)7-48-27(26(43)44)4-13(36)17(29-10(2)34)24(52-27)19(39)14(37)6-32/h12-25,31-32,36-42H,4-8H2,1-3H3,(H,28,33)(H,29,34)(H,30,35)(H,43,44)(H,45,46,47)/t12-,13-,14+,15+,16+,17+,18+,19+,20-,21+,22+,23+,24+,25-,27+/m0/s1. The number of nitrogens with one attached hydrogen (secondary N) is 3. The van der Waals surface area contributed by atoms with E-state index in [1.807, 2.05) is 0 Å². The highest BCUT2D eigenvalue weighted by molar-refractivity contribution is 7.80. The summed E-state index contributed by atoms with van der Waals surface area (Å²) >= 11 is 0. The maximum absolute atomic E-state index is 12.5. The molecule has 2 rings (SSSR count). The largest absolute Gasteiger partial charge is 0.477 e. The number of aliphatic hydroxyl groups is 9. The molecular weight excluding hydrogens is 750 g/mol. The van der Waals surface area contributed by atoms with Crippen molar-refractivity contribution in [1.29, 1.82) is 0 Å². The van der Waals surface area contributed by atoms with Crippen LogP contribution in [0.15, 0.2) is 0 Å². The molecule has 2 aliphatic heterocycles. The highest BCUT2D eigenvalue weighted by Crippen LogP contribution is 2.34. The van der Waals surface area contributed by atoms with Crippen LogP contribution in [0.4, 0.5) is 0 Å². The molecular formula is C27H47N3O22S. The number of amides is 3. The van der Waals surface area contributed by atoms with Crippen molar-refractivity contribution in [2.45, 2.75) is 118 Å². The molecule has 2 saturated heterocycles. The van der Waals surface area contributed by atoms with Crippen LogP contribution >= 0.6 is 0 Å². The molecule has 308 valence electrons. The summed E-state index contributed by atoms with van der Waals surface area (Å²) in [6.07, 6.45) is -23.6. The van der Waals surface area contributed by atoms with Gasteiger partial charge in [-0.15, -0.1) is 0 Å². The predicted octanol–water partition coefficient (Wildman–Crippen LogP) is -8.47. The maximum Gasteiger partial charge on any atom is 0.397 e. The van der Waals surface area contributed by atoms with Gasteiger partial charge in [-0.1, -0.05) is 0 Å². The van der Waals surface area contributed by atoms with Crippen LogP contribution in [0.1, 0.15) is 27.2 Å². The van der Waals surface area contributed by atoms with E-state index >= 15 is 0 Å². The van der Waals surface area contributed by atoms with Gasteiger partial charge in [0.05, 0.1) is 44.6 Å². The molecule has 14 N–H and O–H groups in total. The van der Waals surface area contributed by atoms with Crippen LogP contribution in [0, 0.1) is 0 Å². The van der Waals surface area contributed by atoms with Crippen molar-refractivity contribution in [3.05, 3.63) is 0 Å². The molecule has 2 aliphatic rings. The minimum absolute atomic E-state index is 0.777. The molecule has 0 aromatic carbocycles. The average molecular weight is 798 g/mol. The van der Waals surface area contributed by atoms with Gasteiger partial charge in [-0.3, -0.25) is 18.9 Å². The van der Waals surface area contributed by atoms with Gasteiger partial charge in [-0.2, -0.15) is 8.42 Å². The number of aliphatic carboxylic acids is 1. The molecule has 2 fully saturated rings. The minimum Gasteiger partial charge on any atom is -0.477 e. The highest BCUT2D eigenvalue weighted by Gasteiger charge is 2.56. The number of carbonyl (C=O) groups excluding carboxylic acids is 3. The first-order chi connectivity index (χ1) is 24.5. The van der Waals surface area contributed by atoms with Gasteiger partial charge >= 0.3 is 16.4 Å². The smallest absolute Gasteiger partial charge is 0.397 e. The van der Waals surface area contributed by atoms with Crippen LogP contribution in [0.5, 0.6) is 0 Å². The Kier molecular flexibility index (Phi) is 17.2. The number of aliphatic hydroxyl groups excluding tert-OH is 9. The van der Waals surface area contributed by atoms with Gasteiger partial charge < -0.3 is 86.0 Å². The molecule has 2 heterocycles. The Bertz CT molecular complexity index is 1360. The lowest BCUT2D eigenvalue weighted by Gasteiger charge is -2.47. The fraction of sp³-hybridized carbons (Fsp3) is 0.852. The lowest BCUT2D eigenvalue weighted by Crippen LogP contribution is -2.68. The van der Waals surface area contributed by atoms with Gasteiger partial charge in [0.1, 0.15) is 61.0 Å². The normalized spacial score (nSPS) is 32.7. The fourth-order valence-corrected chi connectivity index (χ4v) is 5.91. The molecule has 25 nitrogen and oxygen atoms in total. The van der Waals surface area contributed by atoms with Crippen LogP contribution in [0.2, 0.25) is 0 Å². The van der Waals surface area contributed by atoms with E-state index in [9.17, 15) is 78.7 Å². The van der Waals surface area contributed by atoms with Gasteiger partial charge in [0.15, 0.2) is 6.29 Å². The Balaban J connectivity index is 2.47. The topological polar surface area (TPSA) is 407 Å². The number of hydrogen-bond acceptors (Lipinski definition) is 20. The van der Waals surface area contributed by atoms with E-state index in [-0.39, 0.29) is 0 Å². The van der Waals surface area contributed by atoms with E-state index in [1.54, 1.807) is 0 Å². The third-order valence-corrected chi connectivity index (χ3v) is 8.56. The van der Waals surface area contributed by atoms with Crippen molar-refractivity contribution < 1.29 is 106 Å². The number of carboxylic acids is 1. The summed E-state index contributed by atoms with van der Waals surface area (Å²) in [6, 6.07) is -5.00. The summed E-state index contributed by atoms with van der Waals surface area (Å²) in [6.45, 7) is -1.56. The molecule has 15 atom stereocenters. The van der Waals surface area contributed by atoms with Crippen molar-refractivity contribution in [2.75, 3.05) is 26.4 Å². The highest BCUT2D eigenvalue weighted by atomic mass is 32.3. The van der Waals surface area contributed by atoms with E-state index in [4.69, 9.17) is 23.5 Å². The van der Waals surface area contributed by atoms with Crippen molar-refractivity contribution in [3.8, 4) is 0 Å². The zero-order chi connectivity index (χ0) is 40.6. The molecule has 0 radical (unpaired) electrons. The Hall–Kier alpha value is -2.77. The Labute approximate surface area is 301 Å². The Morgan fingerprint density at radius 3 is 1.96 bits per heavy atom. The molecule has 26 heteroatoms. The summed E-state index contributed by atoms with van der Waals surface area (Å²) < 4.78 is 57.4. The van der Waals surface area contributed by atoms with E-state index in [0.717, 1.165) is 20.8 Å². The van der Waals surface area contributed by atoms with Crippen molar-refractivity contribution in [2.24, 2.45) is 0 Å². The van der Waals surface area contributed by atoms with Crippen LogP contribution in [0.3, 0.4) is 0 Å². The molecule has 0 unspecified atom stereocenters. The minimum atomic E-state index is -5.12. The first-order valence-electron chi connectivity index (χ1n) is 15.8. The van der Waals surface area contributed by atoms with E-state index in [0.29, 0.717) is 0 Å². The number of ether oxygens (including phenoxy) is 4. The van der Waals surface area contributed by atoms with E-state index in [1.165, 1.54) is 0 Å². The maximum atomic E-state index is 12.5. The fourth-order valence-electron chi connectivity index (χ4n) is 5.60. The SMILES string of the molecule is CC(=O)N[C@H]1[C@H](O[C@@H]([C@@H](O)[C@H](O)CO[C@]2(C(=O)O)C[C@H](O)[C@@H](NC(C)=O)[C@H]([C@H](O)[C@H](O)CO)O2)[C@H](CO)NC(C)=O)O[C@H](COS(=O)(=O)O)[C@@H](O)[C@@H]1O. The molecule has 0 aromatic rings. The van der Waals surface area contributed by atoms with Gasteiger partial charge in [0.2, 0.25) is 17.7 Å². The van der Waals surface area contributed by atoms with Crippen LogP contribution in [0.25, 0.3) is 0 Å². The summed E-state index contributed by atoms with van der Waals surface area (Å²) in [7, 11) is -5.12.